The van der Waals surface area contributed by atoms with Gasteiger partial charge in [-0.3, -0.25) is 0 Å². The number of benzene rings is 1. The zero-order chi connectivity index (χ0) is 11.6. The minimum absolute atomic E-state index is 0.139. The van der Waals surface area contributed by atoms with Gasteiger partial charge in [-0.2, -0.15) is 0 Å². The number of phenolic OH excluding ortho intramolecular Hbond substituents is 1. The number of ether oxygens (including phenoxy) is 1. The Labute approximate surface area is 98.6 Å². The summed E-state index contributed by atoms with van der Waals surface area (Å²) in [5.41, 5.74) is 0.861. The Morgan fingerprint density at radius 3 is 2.47 bits per heavy atom. The lowest BCUT2D eigenvalue weighted by Gasteiger charge is -2.26. The van der Waals surface area contributed by atoms with Crippen molar-refractivity contribution >= 4 is 15.9 Å². The summed E-state index contributed by atoms with van der Waals surface area (Å²) in [4.78, 5) is 0. The Kier molecular flexibility index (Phi) is 3.62. The minimum Gasteiger partial charge on any atom is -0.504 e. The van der Waals surface area contributed by atoms with Crippen LogP contribution in [0.2, 0.25) is 0 Å². The van der Waals surface area contributed by atoms with Crippen molar-refractivity contribution < 1.29 is 9.84 Å². The third-order valence-corrected chi connectivity index (χ3v) is 3.22. The molecule has 1 aromatic carbocycles. The largest absolute Gasteiger partial charge is 0.504 e. The zero-order valence-corrected chi connectivity index (χ0v) is 11.0. The maximum atomic E-state index is 9.58. The molecule has 0 heterocycles. The molecule has 0 amide bonds. The van der Waals surface area contributed by atoms with Gasteiger partial charge in [-0.1, -0.05) is 15.9 Å². The molecule has 4 heteroatoms. The summed E-state index contributed by atoms with van der Waals surface area (Å²) < 4.78 is 5.94. The molecule has 0 aliphatic heterocycles. The van der Waals surface area contributed by atoms with Gasteiger partial charge in [0.05, 0.1) is 7.11 Å². The number of halogens is 1. The second-order valence-corrected chi connectivity index (χ2v) is 4.73. The molecule has 0 saturated heterocycles. The molecule has 84 valence electrons. The highest BCUT2D eigenvalue weighted by atomic mass is 79.9. The number of rotatable bonds is 3. The molecule has 0 aliphatic rings. The number of aromatic hydroxyl groups is 1. The van der Waals surface area contributed by atoms with E-state index in [-0.39, 0.29) is 11.3 Å². The van der Waals surface area contributed by atoms with Gasteiger partial charge in [0.25, 0.3) is 0 Å². The second kappa shape index (κ2) is 4.41. The van der Waals surface area contributed by atoms with Gasteiger partial charge in [-0.15, -0.1) is 0 Å². The van der Waals surface area contributed by atoms with E-state index in [0.717, 1.165) is 10.0 Å². The van der Waals surface area contributed by atoms with Gasteiger partial charge >= 0.3 is 0 Å². The summed E-state index contributed by atoms with van der Waals surface area (Å²) in [6.45, 7) is 4.12. The van der Waals surface area contributed by atoms with Gasteiger partial charge < -0.3 is 15.2 Å². The van der Waals surface area contributed by atoms with Crippen molar-refractivity contribution in [3.63, 3.8) is 0 Å². The molecule has 3 nitrogen and oxygen atoms in total. The molecule has 0 spiro atoms. The van der Waals surface area contributed by atoms with Crippen LogP contribution in [0.5, 0.6) is 11.5 Å². The molecule has 1 rings (SSSR count). The molecule has 15 heavy (non-hydrogen) atoms. The number of hydrogen-bond donors (Lipinski definition) is 2. The van der Waals surface area contributed by atoms with Crippen LogP contribution in [-0.4, -0.2) is 19.3 Å². The van der Waals surface area contributed by atoms with E-state index in [4.69, 9.17) is 4.74 Å². The van der Waals surface area contributed by atoms with Gasteiger partial charge in [0.2, 0.25) is 0 Å². The summed E-state index contributed by atoms with van der Waals surface area (Å²) >= 11 is 3.43. The number of methoxy groups -OCH3 is 1. The van der Waals surface area contributed by atoms with Crippen LogP contribution in [0.1, 0.15) is 19.4 Å². The lowest BCUT2D eigenvalue weighted by molar-refractivity contribution is 0.368. The molecule has 0 atom stereocenters. The summed E-state index contributed by atoms with van der Waals surface area (Å²) in [5, 5.41) is 12.8. The van der Waals surface area contributed by atoms with Crippen LogP contribution in [0.3, 0.4) is 0 Å². The predicted octanol–water partition coefficient (Wildman–Crippen LogP) is 2.62. The van der Waals surface area contributed by atoms with Crippen LogP contribution in [0.15, 0.2) is 16.6 Å². The first-order valence-electron chi connectivity index (χ1n) is 4.68. The van der Waals surface area contributed by atoms with Crippen LogP contribution in [0.4, 0.5) is 0 Å². The fourth-order valence-corrected chi connectivity index (χ4v) is 2.15. The van der Waals surface area contributed by atoms with E-state index in [1.165, 1.54) is 0 Å². The van der Waals surface area contributed by atoms with Crippen molar-refractivity contribution in [2.45, 2.75) is 19.4 Å². The first-order valence-corrected chi connectivity index (χ1v) is 5.47. The Hall–Kier alpha value is -0.740. The summed E-state index contributed by atoms with van der Waals surface area (Å²) in [7, 11) is 3.44. The minimum atomic E-state index is -0.181. The van der Waals surface area contributed by atoms with Crippen LogP contribution in [-0.2, 0) is 5.54 Å². The highest BCUT2D eigenvalue weighted by Gasteiger charge is 2.22. The highest BCUT2D eigenvalue weighted by molar-refractivity contribution is 9.10. The Morgan fingerprint density at radius 1 is 1.40 bits per heavy atom. The average molecular weight is 274 g/mol. The second-order valence-electron chi connectivity index (χ2n) is 3.88. The van der Waals surface area contributed by atoms with E-state index in [0.29, 0.717) is 5.75 Å². The van der Waals surface area contributed by atoms with Gasteiger partial charge in [-0.05, 0) is 38.6 Å². The lowest BCUT2D eigenvalue weighted by Crippen LogP contribution is -2.33. The molecule has 0 aromatic heterocycles. The molecule has 0 aliphatic carbocycles. The monoisotopic (exact) mass is 273 g/mol. The first kappa shape index (κ1) is 12.3. The topological polar surface area (TPSA) is 41.5 Å². The molecule has 0 radical (unpaired) electrons. The van der Waals surface area contributed by atoms with Gasteiger partial charge in [0.1, 0.15) is 0 Å². The van der Waals surface area contributed by atoms with Crippen LogP contribution in [0, 0.1) is 0 Å². The van der Waals surface area contributed by atoms with Gasteiger partial charge in [0.15, 0.2) is 11.5 Å². The van der Waals surface area contributed by atoms with Crippen LogP contribution in [0.25, 0.3) is 0 Å². The van der Waals surface area contributed by atoms with E-state index in [1.807, 2.05) is 13.1 Å². The van der Waals surface area contributed by atoms with E-state index >= 15 is 0 Å². The molecule has 2 N–H and O–H groups in total. The maximum absolute atomic E-state index is 9.58. The van der Waals surface area contributed by atoms with Gasteiger partial charge in [0, 0.05) is 10.0 Å². The summed E-state index contributed by atoms with van der Waals surface area (Å²) in [6, 6.07) is 3.48. The molecular formula is C11H16BrNO2. The van der Waals surface area contributed by atoms with Crippen molar-refractivity contribution in [1.29, 1.82) is 0 Å². The Bertz CT molecular complexity index is 364. The zero-order valence-electron chi connectivity index (χ0n) is 9.39. The number of nitrogens with one attached hydrogen (secondary N) is 1. The fourth-order valence-electron chi connectivity index (χ4n) is 1.32. The first-order chi connectivity index (χ1) is 6.92. The molecular weight excluding hydrogens is 258 g/mol. The smallest absolute Gasteiger partial charge is 0.160 e. The van der Waals surface area contributed by atoms with E-state index in [2.05, 4.69) is 35.1 Å². The number of hydrogen-bond acceptors (Lipinski definition) is 3. The average Bonchev–Trinajstić information content (AvgIpc) is 2.17. The SMILES string of the molecule is CNC(C)(C)c1cc(OC)c(O)cc1Br. The Morgan fingerprint density at radius 2 is 2.00 bits per heavy atom. The van der Waals surface area contributed by atoms with Crippen molar-refractivity contribution in [2.75, 3.05) is 14.2 Å². The normalized spacial score (nSPS) is 11.5. The van der Waals surface area contributed by atoms with E-state index in [1.54, 1.807) is 13.2 Å². The van der Waals surface area contributed by atoms with Crippen LogP contribution < -0.4 is 10.1 Å². The maximum Gasteiger partial charge on any atom is 0.160 e. The quantitative estimate of drug-likeness (QED) is 0.890. The lowest BCUT2D eigenvalue weighted by atomic mass is 9.94. The third-order valence-electron chi connectivity index (χ3n) is 2.57. The van der Waals surface area contributed by atoms with E-state index < -0.39 is 0 Å². The van der Waals surface area contributed by atoms with Crippen molar-refractivity contribution in [3.05, 3.63) is 22.2 Å². The molecule has 0 fully saturated rings. The van der Waals surface area contributed by atoms with Crippen molar-refractivity contribution in [2.24, 2.45) is 0 Å². The molecule has 0 saturated carbocycles. The molecule has 1 aromatic rings. The van der Waals surface area contributed by atoms with Crippen molar-refractivity contribution in [1.82, 2.24) is 5.32 Å². The summed E-state index contributed by atoms with van der Waals surface area (Å²) in [6.07, 6.45) is 0. The summed E-state index contributed by atoms with van der Waals surface area (Å²) in [5.74, 6) is 0.622. The third kappa shape index (κ3) is 2.44. The highest BCUT2D eigenvalue weighted by Crippen LogP contribution is 2.37. The van der Waals surface area contributed by atoms with Crippen molar-refractivity contribution in [3.8, 4) is 11.5 Å². The fraction of sp³-hybridized carbons (Fsp3) is 0.455. The Balaban J connectivity index is 3.30. The number of phenols is 1. The van der Waals surface area contributed by atoms with E-state index in [9.17, 15) is 5.11 Å². The van der Waals surface area contributed by atoms with Crippen LogP contribution >= 0.6 is 15.9 Å². The molecule has 0 bridgehead atoms. The van der Waals surface area contributed by atoms with Gasteiger partial charge in [-0.25, -0.2) is 0 Å². The predicted molar refractivity (Wildman–Crippen MR) is 64.4 cm³/mol. The standard InChI is InChI=1S/C11H16BrNO2/c1-11(2,13-3)7-5-10(15-4)9(14)6-8(7)12/h5-6,13-14H,1-4H3. The molecule has 0 unspecified atom stereocenters.